The van der Waals surface area contributed by atoms with Crippen molar-refractivity contribution in [2.24, 2.45) is 0 Å². The van der Waals surface area contributed by atoms with Crippen LogP contribution in [0.15, 0.2) is 54.6 Å². The highest BCUT2D eigenvalue weighted by Gasteiger charge is 2.26. The van der Waals surface area contributed by atoms with Crippen molar-refractivity contribution in [3.63, 3.8) is 0 Å². The zero-order chi connectivity index (χ0) is 29.1. The number of aromatic nitrogens is 4. The molecule has 0 unspecified atom stereocenters. The predicted octanol–water partition coefficient (Wildman–Crippen LogP) is 5.79. The molecule has 220 valence electrons. The van der Waals surface area contributed by atoms with E-state index in [4.69, 9.17) is 26.3 Å². The van der Waals surface area contributed by atoms with Crippen LogP contribution in [0.1, 0.15) is 37.9 Å². The van der Waals surface area contributed by atoms with Crippen LogP contribution in [-0.2, 0) is 4.74 Å². The maximum absolute atomic E-state index is 14.1. The molecule has 0 radical (unpaired) electrons. The van der Waals surface area contributed by atoms with Gasteiger partial charge in [-0.15, -0.1) is 0 Å². The number of benzene rings is 2. The van der Waals surface area contributed by atoms with Crippen molar-refractivity contribution in [1.29, 1.82) is 0 Å². The number of alkyl halides is 2. The molecule has 6 rings (SSSR count). The highest BCUT2D eigenvalue weighted by Crippen LogP contribution is 2.30. The Labute approximate surface area is 246 Å². The summed E-state index contributed by atoms with van der Waals surface area (Å²) in [7, 11) is 0. The van der Waals surface area contributed by atoms with Crippen LogP contribution in [0, 0.1) is 0 Å². The van der Waals surface area contributed by atoms with Gasteiger partial charge in [-0.05, 0) is 62.1 Å². The van der Waals surface area contributed by atoms with Crippen molar-refractivity contribution in [1.82, 2.24) is 24.8 Å². The number of para-hydroxylation sites is 2. The van der Waals surface area contributed by atoms with Crippen LogP contribution in [0.25, 0.3) is 16.9 Å². The molecule has 2 aromatic carbocycles. The van der Waals surface area contributed by atoms with E-state index in [2.05, 4.69) is 25.8 Å². The molecular weight excluding hydrogens is 566 g/mol. The number of nitrogens with one attached hydrogen (secondary N) is 3. The summed E-state index contributed by atoms with van der Waals surface area (Å²) in [5, 5.41) is 9.91. The molecule has 1 aliphatic carbocycles. The molecule has 1 aliphatic heterocycles. The first-order valence-corrected chi connectivity index (χ1v) is 14.4. The Bertz CT molecular complexity index is 1540. The quantitative estimate of drug-likeness (QED) is 0.248. The van der Waals surface area contributed by atoms with Gasteiger partial charge in [0.05, 0.1) is 24.2 Å². The normalized spacial score (nSPS) is 19.2. The molecule has 13 heteroatoms. The van der Waals surface area contributed by atoms with Gasteiger partial charge in [-0.2, -0.15) is 9.97 Å². The third-order valence-electron chi connectivity index (χ3n) is 7.54. The highest BCUT2D eigenvalue weighted by molar-refractivity contribution is 6.30. The number of imidazole rings is 1. The van der Waals surface area contributed by atoms with Crippen molar-refractivity contribution in [3.8, 4) is 5.82 Å². The van der Waals surface area contributed by atoms with E-state index in [1.54, 1.807) is 54.6 Å². The van der Waals surface area contributed by atoms with E-state index in [0.717, 1.165) is 25.7 Å². The van der Waals surface area contributed by atoms with E-state index < -0.39 is 6.43 Å². The third kappa shape index (κ3) is 6.39. The molecular formula is C29H31ClF2N8O2. The number of amides is 2. The lowest BCUT2D eigenvalue weighted by molar-refractivity contribution is 0.122. The van der Waals surface area contributed by atoms with E-state index in [9.17, 15) is 13.6 Å². The van der Waals surface area contributed by atoms with Crippen LogP contribution < -0.4 is 20.9 Å². The lowest BCUT2D eigenvalue weighted by Gasteiger charge is -2.31. The minimum Gasteiger partial charge on any atom is -0.378 e. The number of rotatable bonds is 7. The first kappa shape index (κ1) is 28.1. The average Bonchev–Trinajstić information content (AvgIpc) is 3.40. The summed E-state index contributed by atoms with van der Waals surface area (Å²) in [4.78, 5) is 28.2. The molecule has 4 aromatic rings. The van der Waals surface area contributed by atoms with E-state index >= 15 is 0 Å². The number of morpholine rings is 1. The minimum atomic E-state index is -2.78. The Hall–Kier alpha value is -4.03. The smallest absolute Gasteiger partial charge is 0.319 e. The second-order valence-corrected chi connectivity index (χ2v) is 10.8. The highest BCUT2D eigenvalue weighted by atomic mass is 35.5. The number of fused-ring (bicyclic) bond motifs is 1. The second kappa shape index (κ2) is 12.5. The fourth-order valence-corrected chi connectivity index (χ4v) is 5.56. The molecule has 2 fully saturated rings. The van der Waals surface area contributed by atoms with E-state index in [0.29, 0.717) is 65.6 Å². The molecule has 2 aromatic heterocycles. The Morgan fingerprint density at radius 1 is 0.929 bits per heavy atom. The molecule has 42 heavy (non-hydrogen) atoms. The summed E-state index contributed by atoms with van der Waals surface area (Å²) in [5.74, 6) is 0.964. The number of nitrogens with zero attached hydrogens (tertiary/aromatic N) is 5. The summed E-state index contributed by atoms with van der Waals surface area (Å²) < 4.78 is 35.2. The Morgan fingerprint density at radius 3 is 2.36 bits per heavy atom. The van der Waals surface area contributed by atoms with Gasteiger partial charge < -0.3 is 25.6 Å². The Balaban J connectivity index is 1.19. The molecule has 2 aliphatic rings. The SMILES string of the molecule is O=C(Nc1ccc(Cl)cc1)N[C@H]1CC[C@H](Nc2nc(N3CCOCC3)cc(-n3c(C(F)F)nc4ccccc43)n2)CC1. The summed E-state index contributed by atoms with van der Waals surface area (Å²) >= 11 is 5.92. The predicted molar refractivity (Wildman–Crippen MR) is 158 cm³/mol. The van der Waals surface area contributed by atoms with Gasteiger partial charge in [0.1, 0.15) is 11.6 Å². The van der Waals surface area contributed by atoms with Gasteiger partial charge in [0.15, 0.2) is 5.82 Å². The van der Waals surface area contributed by atoms with Crippen LogP contribution in [-0.4, -0.2) is 63.9 Å². The first-order valence-electron chi connectivity index (χ1n) is 14.0. The number of hydrogen-bond acceptors (Lipinski definition) is 7. The largest absolute Gasteiger partial charge is 0.378 e. The van der Waals surface area contributed by atoms with Gasteiger partial charge >= 0.3 is 6.03 Å². The molecule has 0 spiro atoms. The second-order valence-electron chi connectivity index (χ2n) is 10.4. The summed E-state index contributed by atoms with van der Waals surface area (Å²) in [5.41, 5.74) is 1.69. The summed E-state index contributed by atoms with van der Waals surface area (Å²) in [6.07, 6.45) is 0.313. The fraction of sp³-hybridized carbons (Fsp3) is 0.379. The van der Waals surface area contributed by atoms with E-state index in [-0.39, 0.29) is 23.9 Å². The van der Waals surface area contributed by atoms with Gasteiger partial charge in [0.25, 0.3) is 6.43 Å². The van der Waals surface area contributed by atoms with Crippen molar-refractivity contribution < 1.29 is 18.3 Å². The van der Waals surface area contributed by atoms with Crippen LogP contribution in [0.4, 0.5) is 31.0 Å². The Morgan fingerprint density at radius 2 is 1.62 bits per heavy atom. The molecule has 3 N–H and O–H groups in total. The number of ether oxygens (including phenoxy) is 1. The Kier molecular flexibility index (Phi) is 8.34. The molecule has 10 nitrogen and oxygen atoms in total. The third-order valence-corrected chi connectivity index (χ3v) is 7.79. The molecule has 3 heterocycles. The molecule has 0 atom stereocenters. The summed E-state index contributed by atoms with van der Waals surface area (Å²) in [6, 6.07) is 15.5. The monoisotopic (exact) mass is 596 g/mol. The van der Waals surface area contributed by atoms with Gasteiger partial charge in [0.2, 0.25) is 5.95 Å². The van der Waals surface area contributed by atoms with Crippen LogP contribution in [0.2, 0.25) is 5.02 Å². The number of halogens is 3. The van der Waals surface area contributed by atoms with Crippen LogP contribution in [0.3, 0.4) is 0 Å². The molecule has 1 saturated carbocycles. The zero-order valence-corrected chi connectivity index (χ0v) is 23.5. The van der Waals surface area contributed by atoms with Crippen molar-refractivity contribution >= 4 is 46.1 Å². The number of carbonyl (C=O) groups is 1. The topological polar surface area (TPSA) is 109 Å². The lowest BCUT2D eigenvalue weighted by Crippen LogP contribution is -2.42. The maximum Gasteiger partial charge on any atom is 0.319 e. The van der Waals surface area contributed by atoms with E-state index in [1.807, 2.05) is 0 Å². The van der Waals surface area contributed by atoms with E-state index in [1.165, 1.54) is 4.57 Å². The van der Waals surface area contributed by atoms with Crippen molar-refractivity contribution in [3.05, 3.63) is 65.4 Å². The minimum absolute atomic E-state index is 0.0254. The maximum atomic E-state index is 14.1. The summed E-state index contributed by atoms with van der Waals surface area (Å²) in [6.45, 7) is 2.39. The number of anilines is 3. The number of carbonyl (C=O) groups excluding carboxylic acids is 1. The van der Waals surface area contributed by atoms with Gasteiger partial charge in [0, 0.05) is 41.9 Å². The van der Waals surface area contributed by atoms with Gasteiger partial charge in [-0.3, -0.25) is 4.57 Å². The van der Waals surface area contributed by atoms with Gasteiger partial charge in [-0.25, -0.2) is 18.6 Å². The first-order chi connectivity index (χ1) is 20.4. The van der Waals surface area contributed by atoms with Crippen LogP contribution >= 0.6 is 11.6 Å². The number of urea groups is 1. The standard InChI is InChI=1S/C29H31ClF2N8O2/c30-18-5-7-20(8-6-18)34-29(41)35-21-11-9-19(10-12-21)33-28-37-24(39-13-15-42-16-14-39)17-25(38-28)40-23-4-2-1-3-22(23)36-27(40)26(31)32/h1-8,17,19,21,26H,9-16H2,(H,33,37,38)(H2,34,35,41)/t19-,21-. The molecule has 1 saturated heterocycles. The number of hydrogen-bond donors (Lipinski definition) is 3. The molecule has 0 bridgehead atoms. The fourth-order valence-electron chi connectivity index (χ4n) is 5.44. The van der Waals surface area contributed by atoms with Crippen molar-refractivity contribution in [2.45, 2.75) is 44.2 Å². The van der Waals surface area contributed by atoms with Crippen molar-refractivity contribution in [2.75, 3.05) is 41.8 Å². The van der Waals surface area contributed by atoms with Crippen LogP contribution in [0.5, 0.6) is 0 Å². The zero-order valence-electron chi connectivity index (χ0n) is 22.8. The average molecular weight is 597 g/mol. The molecule has 2 amide bonds. The van der Waals surface area contributed by atoms with Gasteiger partial charge in [-0.1, -0.05) is 23.7 Å². The lowest BCUT2D eigenvalue weighted by atomic mass is 9.91.